The lowest BCUT2D eigenvalue weighted by Crippen LogP contribution is -2.51. The van der Waals surface area contributed by atoms with Gasteiger partial charge in [-0.25, -0.2) is 0 Å². The summed E-state index contributed by atoms with van der Waals surface area (Å²) in [5, 5.41) is 0. The van der Waals surface area contributed by atoms with Crippen molar-refractivity contribution >= 4 is 0 Å². The van der Waals surface area contributed by atoms with Gasteiger partial charge >= 0.3 is 0 Å². The molecule has 1 aromatic carbocycles. The highest BCUT2D eigenvalue weighted by atomic mass is 15.3. The van der Waals surface area contributed by atoms with Crippen LogP contribution in [0.4, 0.5) is 0 Å². The summed E-state index contributed by atoms with van der Waals surface area (Å²) in [6.45, 7) is 7.68. The fourth-order valence-corrected chi connectivity index (χ4v) is 3.14. The van der Waals surface area contributed by atoms with E-state index in [4.69, 9.17) is 5.84 Å². The topological polar surface area (TPSA) is 44.5 Å². The average Bonchev–Trinajstić information content (AvgIpc) is 2.38. The fourth-order valence-electron chi connectivity index (χ4n) is 3.14. The lowest BCUT2D eigenvalue weighted by atomic mass is 9.95. The van der Waals surface area contributed by atoms with Crippen LogP contribution in [0.5, 0.6) is 0 Å². The molecular formula is C16H28N4. The summed E-state index contributed by atoms with van der Waals surface area (Å²) in [6.07, 6.45) is 1.04. The van der Waals surface area contributed by atoms with Gasteiger partial charge in [-0.05, 0) is 39.9 Å². The molecule has 20 heavy (non-hydrogen) atoms. The quantitative estimate of drug-likeness (QED) is 0.645. The monoisotopic (exact) mass is 276 g/mol. The first-order chi connectivity index (χ1) is 9.49. The number of aryl methyl sites for hydroxylation is 2. The standard InChI is InChI=1S/C16H28N4/c1-12-7-13(2)9-14(8-12)16(18-17)10-15-11-19(3)5-6-20(15)4/h7-9,15-16,18H,5-6,10-11,17H2,1-4H3. The van der Waals surface area contributed by atoms with E-state index in [1.807, 2.05) is 0 Å². The zero-order chi connectivity index (χ0) is 14.7. The van der Waals surface area contributed by atoms with Gasteiger partial charge in [0, 0.05) is 31.7 Å². The minimum atomic E-state index is 0.215. The molecule has 1 aliphatic heterocycles. The largest absolute Gasteiger partial charge is 0.304 e. The highest BCUT2D eigenvalue weighted by Crippen LogP contribution is 2.23. The summed E-state index contributed by atoms with van der Waals surface area (Å²) >= 11 is 0. The molecule has 0 aromatic heterocycles. The number of piperazine rings is 1. The second-order valence-electron chi connectivity index (χ2n) is 6.27. The second kappa shape index (κ2) is 6.68. The number of nitrogens with one attached hydrogen (secondary N) is 1. The molecule has 1 aromatic rings. The van der Waals surface area contributed by atoms with Crippen molar-refractivity contribution < 1.29 is 0 Å². The van der Waals surface area contributed by atoms with Gasteiger partial charge in [0.1, 0.15) is 0 Å². The summed E-state index contributed by atoms with van der Waals surface area (Å²) in [5.41, 5.74) is 6.91. The summed E-state index contributed by atoms with van der Waals surface area (Å²) in [6, 6.07) is 7.45. The van der Waals surface area contributed by atoms with Gasteiger partial charge in [0.05, 0.1) is 0 Å². The lowest BCUT2D eigenvalue weighted by Gasteiger charge is -2.39. The molecule has 2 unspecified atom stereocenters. The van der Waals surface area contributed by atoms with Crippen molar-refractivity contribution in [3.63, 3.8) is 0 Å². The Morgan fingerprint density at radius 2 is 1.85 bits per heavy atom. The maximum absolute atomic E-state index is 5.82. The number of nitrogens with two attached hydrogens (primary N) is 1. The molecule has 4 nitrogen and oxygen atoms in total. The van der Waals surface area contributed by atoms with Crippen molar-refractivity contribution in [1.82, 2.24) is 15.2 Å². The minimum Gasteiger partial charge on any atom is -0.304 e. The van der Waals surface area contributed by atoms with Gasteiger partial charge in [-0.3, -0.25) is 11.3 Å². The van der Waals surface area contributed by atoms with Gasteiger partial charge in [-0.2, -0.15) is 0 Å². The zero-order valence-electron chi connectivity index (χ0n) is 13.2. The van der Waals surface area contributed by atoms with E-state index < -0.39 is 0 Å². The molecule has 0 amide bonds. The Morgan fingerprint density at radius 1 is 1.20 bits per heavy atom. The van der Waals surface area contributed by atoms with Crippen LogP contribution in [-0.4, -0.2) is 49.6 Å². The molecule has 4 heteroatoms. The number of benzene rings is 1. The number of hydrogen-bond acceptors (Lipinski definition) is 4. The molecule has 1 heterocycles. The van der Waals surface area contributed by atoms with E-state index >= 15 is 0 Å². The maximum atomic E-state index is 5.82. The van der Waals surface area contributed by atoms with E-state index in [1.54, 1.807) is 0 Å². The van der Waals surface area contributed by atoms with Crippen LogP contribution in [0, 0.1) is 13.8 Å². The Balaban J connectivity index is 2.11. The van der Waals surface area contributed by atoms with Gasteiger partial charge in [0.15, 0.2) is 0 Å². The first-order valence-electron chi connectivity index (χ1n) is 7.42. The minimum absolute atomic E-state index is 0.215. The molecule has 1 fully saturated rings. The average molecular weight is 276 g/mol. The van der Waals surface area contributed by atoms with E-state index in [-0.39, 0.29) is 6.04 Å². The van der Waals surface area contributed by atoms with Crippen LogP contribution in [0.25, 0.3) is 0 Å². The van der Waals surface area contributed by atoms with E-state index in [2.05, 4.69) is 61.4 Å². The number of nitrogens with zero attached hydrogens (tertiary/aromatic N) is 2. The maximum Gasteiger partial charge on any atom is 0.0475 e. The number of rotatable bonds is 4. The molecule has 2 atom stereocenters. The summed E-state index contributed by atoms with van der Waals surface area (Å²) in [5.74, 6) is 5.82. The van der Waals surface area contributed by atoms with Gasteiger partial charge in [0.25, 0.3) is 0 Å². The Hall–Kier alpha value is -0.940. The molecule has 0 aliphatic carbocycles. The molecule has 3 N–H and O–H groups in total. The molecule has 112 valence electrons. The van der Waals surface area contributed by atoms with Crippen molar-refractivity contribution in [3.8, 4) is 0 Å². The van der Waals surface area contributed by atoms with E-state index in [1.165, 1.54) is 16.7 Å². The van der Waals surface area contributed by atoms with Crippen LogP contribution in [-0.2, 0) is 0 Å². The van der Waals surface area contributed by atoms with Gasteiger partial charge in [0.2, 0.25) is 0 Å². The summed E-state index contributed by atoms with van der Waals surface area (Å²) in [7, 11) is 4.41. The van der Waals surface area contributed by atoms with Crippen LogP contribution in [0.2, 0.25) is 0 Å². The molecule has 0 bridgehead atoms. The molecular weight excluding hydrogens is 248 g/mol. The van der Waals surface area contributed by atoms with Crippen LogP contribution in [0.1, 0.15) is 29.2 Å². The lowest BCUT2D eigenvalue weighted by molar-refractivity contribution is 0.101. The van der Waals surface area contributed by atoms with Crippen molar-refractivity contribution in [3.05, 3.63) is 34.9 Å². The predicted octanol–water partition coefficient (Wildman–Crippen LogP) is 1.44. The van der Waals surface area contributed by atoms with Crippen molar-refractivity contribution in [2.75, 3.05) is 33.7 Å². The summed E-state index contributed by atoms with van der Waals surface area (Å²) in [4.78, 5) is 4.85. The Kier molecular flexibility index (Phi) is 5.16. The van der Waals surface area contributed by atoms with Crippen LogP contribution >= 0.6 is 0 Å². The number of hydrazine groups is 1. The third-order valence-corrected chi connectivity index (χ3v) is 4.34. The van der Waals surface area contributed by atoms with E-state index in [0.717, 1.165) is 26.1 Å². The molecule has 0 radical (unpaired) electrons. The summed E-state index contributed by atoms with van der Waals surface area (Å²) < 4.78 is 0. The Labute approximate surface area is 122 Å². The van der Waals surface area contributed by atoms with Crippen molar-refractivity contribution in [2.24, 2.45) is 5.84 Å². The molecule has 2 rings (SSSR count). The Bertz CT molecular complexity index is 426. The fraction of sp³-hybridized carbons (Fsp3) is 0.625. The number of likely N-dealkylation sites (N-methyl/N-ethyl adjacent to an activating group) is 2. The zero-order valence-corrected chi connectivity index (χ0v) is 13.2. The first kappa shape index (κ1) is 15.4. The predicted molar refractivity (Wildman–Crippen MR) is 84.5 cm³/mol. The molecule has 0 spiro atoms. The van der Waals surface area contributed by atoms with Crippen LogP contribution in [0.15, 0.2) is 18.2 Å². The molecule has 0 saturated carbocycles. The van der Waals surface area contributed by atoms with Crippen molar-refractivity contribution in [1.29, 1.82) is 0 Å². The third kappa shape index (κ3) is 3.79. The molecule has 1 saturated heterocycles. The smallest absolute Gasteiger partial charge is 0.0475 e. The van der Waals surface area contributed by atoms with Crippen LogP contribution in [0.3, 0.4) is 0 Å². The van der Waals surface area contributed by atoms with Gasteiger partial charge < -0.3 is 9.80 Å². The van der Waals surface area contributed by atoms with Gasteiger partial charge in [-0.1, -0.05) is 29.3 Å². The third-order valence-electron chi connectivity index (χ3n) is 4.34. The van der Waals surface area contributed by atoms with E-state index in [0.29, 0.717) is 6.04 Å². The normalized spacial score (nSPS) is 22.9. The van der Waals surface area contributed by atoms with Crippen LogP contribution < -0.4 is 11.3 Å². The Morgan fingerprint density at radius 3 is 2.45 bits per heavy atom. The molecule has 1 aliphatic rings. The highest BCUT2D eigenvalue weighted by Gasteiger charge is 2.25. The highest BCUT2D eigenvalue weighted by molar-refractivity contribution is 5.30. The first-order valence-corrected chi connectivity index (χ1v) is 7.42. The number of hydrogen-bond donors (Lipinski definition) is 2. The van der Waals surface area contributed by atoms with E-state index in [9.17, 15) is 0 Å². The second-order valence-corrected chi connectivity index (χ2v) is 6.27. The SMILES string of the molecule is Cc1cc(C)cc(C(CC2CN(C)CCN2C)NN)c1. The van der Waals surface area contributed by atoms with Gasteiger partial charge in [-0.15, -0.1) is 0 Å². The van der Waals surface area contributed by atoms with Crippen molar-refractivity contribution in [2.45, 2.75) is 32.4 Å².